The lowest BCUT2D eigenvalue weighted by Gasteiger charge is -2.17. The number of aryl methyl sites for hydroxylation is 4. The maximum absolute atomic E-state index is 14.9. The zero-order chi connectivity index (χ0) is 60.6. The lowest BCUT2D eigenvalue weighted by Crippen LogP contribution is -2.17. The van der Waals surface area contributed by atoms with Gasteiger partial charge in [0.2, 0.25) is 0 Å². The largest absolute Gasteiger partial charge is 0.422 e. The van der Waals surface area contributed by atoms with E-state index in [1.807, 2.05) is 24.3 Å². The Morgan fingerprint density at radius 3 is 1.01 bits per heavy atom. The monoisotopic (exact) mass is 1170 g/mol. The van der Waals surface area contributed by atoms with Crippen molar-refractivity contribution in [1.82, 2.24) is 0 Å². The molecule has 4 nitrogen and oxygen atoms in total. The molecule has 0 heterocycles. The van der Waals surface area contributed by atoms with Gasteiger partial charge in [-0.15, -0.1) is 0 Å². The number of hydrogen-bond donors (Lipinski definition) is 0. The zero-order valence-electron chi connectivity index (χ0n) is 53.4. The first-order chi connectivity index (χ1) is 43.3. The lowest BCUT2D eigenvalue weighted by molar-refractivity contribution is 0.0694. The number of unbranched alkanes of at least 4 members (excludes halogenated alkanes) is 20. The number of hydrogen-bond acceptors (Lipinski definition) is 4. The molecule has 0 N–H and O–H groups in total. The summed E-state index contributed by atoms with van der Waals surface area (Å²) in [6.07, 6.45) is 33.9. The zero-order valence-corrected chi connectivity index (χ0v) is 53.4. The van der Waals surface area contributed by atoms with E-state index in [0.717, 1.165) is 70.8 Å². The van der Waals surface area contributed by atoms with Gasteiger partial charge in [-0.1, -0.05) is 253 Å². The average Bonchev–Trinajstić information content (AvgIpc) is 0.856. The minimum Gasteiger partial charge on any atom is -0.422 e. The molecule has 0 saturated heterocycles. The number of carbonyl (C=O) groups is 2. The van der Waals surface area contributed by atoms with Crippen LogP contribution in [0.25, 0.3) is 86.2 Å². The second kappa shape index (κ2) is 30.6. The van der Waals surface area contributed by atoms with Gasteiger partial charge in [0.1, 0.15) is 11.5 Å². The number of ether oxygens (including phenoxy) is 2. The van der Waals surface area contributed by atoms with Gasteiger partial charge < -0.3 is 9.47 Å². The van der Waals surface area contributed by atoms with Crippen LogP contribution < -0.4 is 9.47 Å². The van der Waals surface area contributed by atoms with Crippen molar-refractivity contribution in [2.24, 2.45) is 0 Å². The molecule has 0 saturated carbocycles. The Hall–Kier alpha value is -7.56. The summed E-state index contributed by atoms with van der Waals surface area (Å²) >= 11 is 0. The van der Waals surface area contributed by atoms with Gasteiger partial charge in [-0.3, -0.25) is 0 Å². The Balaban J connectivity index is 0.925. The average molecular weight is 1170 g/mol. The summed E-state index contributed by atoms with van der Waals surface area (Å²) < 4.78 is 13.1. The number of fused-ring (bicyclic) bond motifs is 10. The number of esters is 2. The van der Waals surface area contributed by atoms with Crippen molar-refractivity contribution in [3.63, 3.8) is 0 Å². The highest BCUT2D eigenvalue weighted by molar-refractivity contribution is 6.19. The predicted octanol–water partition coefficient (Wildman–Crippen LogP) is 25.0. The molecule has 0 bridgehead atoms. The van der Waals surface area contributed by atoms with Gasteiger partial charge in [0.25, 0.3) is 0 Å². The smallest absolute Gasteiger partial charge is 0.344 e. The van der Waals surface area contributed by atoms with Crippen molar-refractivity contribution < 1.29 is 19.1 Å². The van der Waals surface area contributed by atoms with Gasteiger partial charge in [0.05, 0.1) is 11.1 Å². The molecule has 88 heavy (non-hydrogen) atoms. The van der Waals surface area contributed by atoms with Crippen molar-refractivity contribution >= 4 is 98.1 Å². The van der Waals surface area contributed by atoms with Crippen LogP contribution in [0.5, 0.6) is 11.5 Å². The topological polar surface area (TPSA) is 52.6 Å². The Labute approximate surface area is 524 Å². The maximum Gasteiger partial charge on any atom is 0.344 e. The van der Waals surface area contributed by atoms with Crippen molar-refractivity contribution in [3.05, 3.63) is 191 Å². The fourth-order valence-electron chi connectivity index (χ4n) is 14.2. The summed E-state index contributed by atoms with van der Waals surface area (Å²) in [6.45, 7) is 9.10. The normalized spacial score (nSPS) is 11.9. The van der Waals surface area contributed by atoms with Crippen molar-refractivity contribution in [2.75, 3.05) is 0 Å². The van der Waals surface area contributed by atoms with E-state index in [9.17, 15) is 9.59 Å². The van der Waals surface area contributed by atoms with E-state index in [0.29, 0.717) is 11.5 Å². The summed E-state index contributed by atoms with van der Waals surface area (Å²) in [5.41, 5.74) is 5.68. The standard InChI is InChI=1S/C84H94O4/c1-5-9-13-17-21-25-33-59-43-45-61-53-63-47-49-71-67(35-27-23-19-15-11-7-3)69-39-31-41-81(79(69)57-77(71)75(63)55-65(61)51-59)87-83(85)73-37-29-30-38-74(73)84(86)88-82-42-32-40-70-68(36-28-24-20-16-12-8-4)72-50-48-64-54-62-46-44-60(34-26-22-18-14-10-6-2)52-66(62)56-76(64)78(72)58-80(70)82/h29-32,37-58H,5-28,33-36H2,1-4H3. The van der Waals surface area contributed by atoms with Crippen LogP contribution in [-0.4, -0.2) is 11.9 Å². The fourth-order valence-corrected chi connectivity index (χ4v) is 14.2. The van der Waals surface area contributed by atoms with E-state index >= 15 is 0 Å². The Morgan fingerprint density at radius 1 is 0.261 bits per heavy atom. The Kier molecular flexibility index (Phi) is 21.6. The summed E-state index contributed by atoms with van der Waals surface area (Å²) in [6, 6.07) is 56.4. The van der Waals surface area contributed by atoms with E-state index in [4.69, 9.17) is 9.47 Å². The van der Waals surface area contributed by atoms with Crippen LogP contribution in [0.2, 0.25) is 0 Å². The van der Waals surface area contributed by atoms with Crippen LogP contribution in [0, 0.1) is 0 Å². The van der Waals surface area contributed by atoms with E-state index in [-0.39, 0.29) is 11.1 Å². The maximum atomic E-state index is 14.9. The molecule has 0 aromatic heterocycles. The second-order valence-electron chi connectivity index (χ2n) is 25.6. The first-order valence-corrected chi connectivity index (χ1v) is 34.5. The summed E-state index contributed by atoms with van der Waals surface area (Å²) in [4.78, 5) is 29.8. The molecule has 11 aromatic rings. The molecule has 0 atom stereocenters. The number of carbonyl (C=O) groups excluding carboxylic acids is 2. The SMILES string of the molecule is CCCCCCCCc1ccc2cc3ccc4c(CCCCCCCC)c5cccc(OC(=O)c6ccccc6C(=O)Oc6cccc7c(CCCCCCCC)c8ccc9cc%10ccc(CCCCCCCC)cc%10cc9c8cc67)c5cc4c3cc2c1. The quantitative estimate of drug-likeness (QED) is 0.0139. The molecule has 0 spiro atoms. The summed E-state index contributed by atoms with van der Waals surface area (Å²) in [5.74, 6) is -0.246. The van der Waals surface area contributed by atoms with Crippen molar-refractivity contribution in [3.8, 4) is 11.5 Å². The van der Waals surface area contributed by atoms with Crippen LogP contribution >= 0.6 is 0 Å². The van der Waals surface area contributed by atoms with Crippen LogP contribution in [-0.2, 0) is 25.7 Å². The third kappa shape index (κ3) is 14.6. The van der Waals surface area contributed by atoms with Crippen LogP contribution in [0.3, 0.4) is 0 Å². The Morgan fingerprint density at radius 2 is 0.614 bits per heavy atom. The third-order valence-electron chi connectivity index (χ3n) is 19.1. The first-order valence-electron chi connectivity index (χ1n) is 34.5. The molecule has 0 fully saturated rings. The van der Waals surface area contributed by atoms with E-state index in [2.05, 4.69) is 137 Å². The molecule has 0 aliphatic rings. The molecule has 11 rings (SSSR count). The number of benzene rings is 11. The van der Waals surface area contributed by atoms with Gasteiger partial charge in [0.15, 0.2) is 0 Å². The number of rotatable bonds is 32. The highest BCUT2D eigenvalue weighted by Crippen LogP contribution is 2.42. The van der Waals surface area contributed by atoms with E-state index in [1.54, 1.807) is 24.3 Å². The molecule has 0 radical (unpaired) electrons. The Bertz CT molecular complexity index is 3950. The minimum atomic E-state index is -0.599. The lowest BCUT2D eigenvalue weighted by atomic mass is 9.89. The second-order valence-corrected chi connectivity index (χ2v) is 25.6. The molecule has 454 valence electrons. The van der Waals surface area contributed by atoms with Gasteiger partial charge in [-0.2, -0.15) is 0 Å². The highest BCUT2D eigenvalue weighted by Gasteiger charge is 2.24. The molecular weight excluding hydrogens is 1070 g/mol. The van der Waals surface area contributed by atoms with E-state index in [1.165, 1.54) is 217 Å². The molecule has 4 heteroatoms. The molecule has 0 unspecified atom stereocenters. The highest BCUT2D eigenvalue weighted by atomic mass is 16.5. The van der Waals surface area contributed by atoms with Crippen LogP contribution in [0.4, 0.5) is 0 Å². The summed E-state index contributed by atoms with van der Waals surface area (Å²) in [5, 5.41) is 18.6. The van der Waals surface area contributed by atoms with Crippen LogP contribution in [0.1, 0.15) is 225 Å². The molecular formula is C84H94O4. The molecule has 11 aromatic carbocycles. The minimum absolute atomic E-state index is 0.162. The van der Waals surface area contributed by atoms with Crippen LogP contribution in [0.15, 0.2) is 158 Å². The molecule has 0 aliphatic carbocycles. The third-order valence-corrected chi connectivity index (χ3v) is 19.1. The molecule has 0 amide bonds. The van der Waals surface area contributed by atoms with Gasteiger partial charge in [-0.25, -0.2) is 9.59 Å². The van der Waals surface area contributed by atoms with E-state index < -0.39 is 11.9 Å². The fraction of sp³-hybridized carbons (Fsp3) is 0.381. The summed E-state index contributed by atoms with van der Waals surface area (Å²) in [7, 11) is 0. The predicted molar refractivity (Wildman–Crippen MR) is 378 cm³/mol. The van der Waals surface area contributed by atoms with Crippen molar-refractivity contribution in [1.29, 1.82) is 0 Å². The first kappa shape index (κ1) is 62.1. The molecule has 0 aliphatic heterocycles. The van der Waals surface area contributed by atoms with Gasteiger partial charge >= 0.3 is 11.9 Å². The van der Waals surface area contributed by atoms with Gasteiger partial charge in [-0.05, 0) is 210 Å². The van der Waals surface area contributed by atoms with Gasteiger partial charge in [0, 0.05) is 10.8 Å². The van der Waals surface area contributed by atoms with Crippen molar-refractivity contribution in [2.45, 2.75) is 207 Å².